The van der Waals surface area contributed by atoms with Crippen molar-refractivity contribution in [2.24, 2.45) is 4.99 Å². The number of nitrogens with zero attached hydrogens (tertiary/aromatic N) is 3. The molecule has 1 aromatic heterocycles. The van der Waals surface area contributed by atoms with Crippen molar-refractivity contribution in [2.75, 3.05) is 46.4 Å². The van der Waals surface area contributed by atoms with E-state index in [4.69, 9.17) is 4.74 Å². The van der Waals surface area contributed by atoms with Gasteiger partial charge in [0.15, 0.2) is 5.96 Å². The lowest BCUT2D eigenvalue weighted by Gasteiger charge is -2.34. The van der Waals surface area contributed by atoms with Crippen LogP contribution in [0, 0.1) is 0 Å². The minimum Gasteiger partial charge on any atom is -0.379 e. The molecule has 4 rings (SSSR count). The molecule has 0 aliphatic carbocycles. The monoisotopic (exact) mass is 441 g/mol. The van der Waals surface area contributed by atoms with Gasteiger partial charge in [-0.2, -0.15) is 0 Å². The van der Waals surface area contributed by atoms with Gasteiger partial charge >= 0.3 is 0 Å². The van der Waals surface area contributed by atoms with E-state index in [0.29, 0.717) is 18.1 Å². The van der Waals surface area contributed by atoms with Gasteiger partial charge in [-0.1, -0.05) is 36.4 Å². The van der Waals surface area contributed by atoms with Crippen molar-refractivity contribution in [3.63, 3.8) is 0 Å². The highest BCUT2D eigenvalue weighted by Crippen LogP contribution is 2.25. The van der Waals surface area contributed by atoms with E-state index >= 15 is 0 Å². The van der Waals surface area contributed by atoms with Gasteiger partial charge < -0.3 is 15.4 Å². The summed E-state index contributed by atoms with van der Waals surface area (Å²) < 4.78 is 5.57. The Hall–Kier alpha value is -1.93. The van der Waals surface area contributed by atoms with Crippen molar-refractivity contribution in [1.29, 1.82) is 0 Å². The zero-order valence-corrected chi connectivity index (χ0v) is 19.5. The number of thiophene rings is 1. The molecule has 2 N–H and O–H groups in total. The highest BCUT2D eigenvalue weighted by Gasteiger charge is 2.30. The maximum atomic E-state index is 5.57. The summed E-state index contributed by atoms with van der Waals surface area (Å²) in [4.78, 5) is 11.0. The first-order chi connectivity index (χ1) is 15.2. The number of aliphatic imine (C=N–C) groups is 1. The number of hydrogen-bond acceptors (Lipinski definition) is 5. The van der Waals surface area contributed by atoms with Gasteiger partial charge in [-0.15, -0.1) is 11.3 Å². The minimum absolute atomic E-state index is 0.347. The molecule has 0 radical (unpaired) electrons. The zero-order valence-electron chi connectivity index (χ0n) is 18.7. The lowest BCUT2D eigenvalue weighted by molar-refractivity contribution is 0.0177. The number of ether oxygens (including phenoxy) is 1. The molecule has 2 saturated heterocycles. The van der Waals surface area contributed by atoms with Crippen molar-refractivity contribution in [3.8, 4) is 0 Å². The first-order valence-corrected chi connectivity index (χ1v) is 12.2. The second kappa shape index (κ2) is 11.1. The summed E-state index contributed by atoms with van der Waals surface area (Å²) in [6.07, 6.45) is 1.13. The third-order valence-corrected chi connectivity index (χ3v) is 7.29. The first-order valence-electron chi connectivity index (χ1n) is 11.3. The van der Waals surface area contributed by atoms with Crippen LogP contribution in [0.15, 0.2) is 52.8 Å². The third-order valence-electron chi connectivity index (χ3n) is 6.32. The molecule has 168 valence electrons. The Bertz CT molecular complexity index is 807. The van der Waals surface area contributed by atoms with Gasteiger partial charge in [0, 0.05) is 56.7 Å². The van der Waals surface area contributed by atoms with Crippen LogP contribution >= 0.6 is 11.3 Å². The fraction of sp³-hybridized carbons (Fsp3) is 0.542. The molecule has 3 atom stereocenters. The number of nitrogens with one attached hydrogen (secondary N) is 2. The molecule has 1 aromatic carbocycles. The SMILES string of the molecule is CN=C(NCC(c1cccs1)N1CCOCC1)NC1CC(C)N(Cc2ccccc2)C1. The number of rotatable bonds is 7. The number of guanidine groups is 1. The van der Waals surface area contributed by atoms with E-state index in [2.05, 4.69) is 80.2 Å². The summed E-state index contributed by atoms with van der Waals surface area (Å²) >= 11 is 1.83. The average Bonchev–Trinajstić information content (AvgIpc) is 3.45. The Morgan fingerprint density at radius 3 is 2.71 bits per heavy atom. The second-order valence-corrected chi connectivity index (χ2v) is 9.45. The quantitative estimate of drug-likeness (QED) is 0.511. The topological polar surface area (TPSA) is 52.1 Å². The van der Waals surface area contributed by atoms with Gasteiger partial charge in [0.05, 0.1) is 19.3 Å². The van der Waals surface area contributed by atoms with Crippen LogP contribution in [0.4, 0.5) is 0 Å². The van der Waals surface area contributed by atoms with Gasteiger partial charge in [0.1, 0.15) is 0 Å². The predicted octanol–water partition coefficient (Wildman–Crippen LogP) is 2.95. The molecule has 31 heavy (non-hydrogen) atoms. The fourth-order valence-electron chi connectivity index (χ4n) is 4.60. The van der Waals surface area contributed by atoms with Crippen LogP contribution in [0.25, 0.3) is 0 Å². The molecular formula is C24H35N5OS. The molecule has 3 heterocycles. The summed E-state index contributed by atoms with van der Waals surface area (Å²) in [5, 5.41) is 9.44. The van der Waals surface area contributed by atoms with Crippen LogP contribution in [0.2, 0.25) is 0 Å². The normalized spacial score (nSPS) is 24.3. The first kappa shape index (κ1) is 22.3. The maximum absolute atomic E-state index is 5.57. The lowest BCUT2D eigenvalue weighted by Crippen LogP contribution is -2.48. The van der Waals surface area contributed by atoms with Gasteiger partial charge in [-0.3, -0.25) is 14.8 Å². The van der Waals surface area contributed by atoms with Crippen molar-refractivity contribution in [3.05, 3.63) is 58.3 Å². The van der Waals surface area contributed by atoms with Crippen LogP contribution in [0.1, 0.15) is 29.8 Å². The predicted molar refractivity (Wildman–Crippen MR) is 129 cm³/mol. The largest absolute Gasteiger partial charge is 0.379 e. The number of likely N-dealkylation sites (tertiary alicyclic amines) is 1. The molecule has 0 spiro atoms. The van der Waals surface area contributed by atoms with E-state index in [1.807, 2.05) is 18.4 Å². The molecule has 0 bridgehead atoms. The molecule has 7 heteroatoms. The minimum atomic E-state index is 0.347. The van der Waals surface area contributed by atoms with E-state index in [1.165, 1.54) is 10.4 Å². The Morgan fingerprint density at radius 1 is 1.19 bits per heavy atom. The third kappa shape index (κ3) is 6.07. The summed E-state index contributed by atoms with van der Waals surface area (Å²) in [7, 11) is 1.87. The summed E-state index contributed by atoms with van der Waals surface area (Å²) in [5.74, 6) is 0.897. The van der Waals surface area contributed by atoms with Crippen molar-refractivity contribution >= 4 is 17.3 Å². The van der Waals surface area contributed by atoms with E-state index in [-0.39, 0.29) is 0 Å². The molecule has 0 saturated carbocycles. The molecular weight excluding hydrogens is 406 g/mol. The standard InChI is InChI=1S/C24H35N5OS/c1-19-15-21(18-29(19)17-20-7-4-3-5-8-20)27-24(25-2)26-16-22(23-9-6-14-31-23)28-10-12-30-13-11-28/h3-9,14,19,21-22H,10-13,15-18H2,1-2H3,(H2,25,26,27). The van der Waals surface area contributed by atoms with Crippen LogP contribution < -0.4 is 10.6 Å². The summed E-state index contributed by atoms with van der Waals surface area (Å²) in [6.45, 7) is 8.79. The van der Waals surface area contributed by atoms with E-state index in [0.717, 1.165) is 58.3 Å². The van der Waals surface area contributed by atoms with Crippen LogP contribution in [0.5, 0.6) is 0 Å². The maximum Gasteiger partial charge on any atom is 0.191 e. The smallest absolute Gasteiger partial charge is 0.191 e. The van der Waals surface area contributed by atoms with E-state index in [9.17, 15) is 0 Å². The molecule has 3 unspecified atom stereocenters. The van der Waals surface area contributed by atoms with E-state index < -0.39 is 0 Å². The summed E-state index contributed by atoms with van der Waals surface area (Å²) in [5.41, 5.74) is 1.38. The van der Waals surface area contributed by atoms with Crippen LogP contribution in [-0.2, 0) is 11.3 Å². The van der Waals surface area contributed by atoms with Crippen LogP contribution in [-0.4, -0.2) is 74.3 Å². The molecule has 2 aliphatic rings. The fourth-order valence-corrected chi connectivity index (χ4v) is 5.46. The molecule has 2 aliphatic heterocycles. The number of morpholine rings is 1. The molecule has 6 nitrogen and oxygen atoms in total. The van der Waals surface area contributed by atoms with Gasteiger partial charge in [-0.05, 0) is 30.4 Å². The second-order valence-electron chi connectivity index (χ2n) is 8.47. The van der Waals surface area contributed by atoms with Gasteiger partial charge in [0.2, 0.25) is 0 Å². The Kier molecular flexibility index (Phi) is 7.97. The van der Waals surface area contributed by atoms with Crippen molar-refractivity contribution < 1.29 is 4.74 Å². The zero-order chi connectivity index (χ0) is 21.5. The molecule has 2 fully saturated rings. The Labute approximate surface area is 190 Å². The lowest BCUT2D eigenvalue weighted by atomic mass is 10.2. The van der Waals surface area contributed by atoms with Crippen molar-refractivity contribution in [2.45, 2.75) is 38.0 Å². The average molecular weight is 442 g/mol. The Morgan fingerprint density at radius 2 is 2.00 bits per heavy atom. The van der Waals surface area contributed by atoms with Gasteiger partial charge in [0.25, 0.3) is 0 Å². The molecule has 0 amide bonds. The Balaban J connectivity index is 1.31. The van der Waals surface area contributed by atoms with Gasteiger partial charge in [-0.25, -0.2) is 0 Å². The van der Waals surface area contributed by atoms with Crippen LogP contribution in [0.3, 0.4) is 0 Å². The van der Waals surface area contributed by atoms with E-state index in [1.54, 1.807) is 0 Å². The number of benzene rings is 1. The molecule has 2 aromatic rings. The highest BCUT2D eigenvalue weighted by molar-refractivity contribution is 7.10. The summed E-state index contributed by atoms with van der Waals surface area (Å²) in [6, 6.07) is 16.4. The highest BCUT2D eigenvalue weighted by atomic mass is 32.1. The number of hydrogen-bond donors (Lipinski definition) is 2. The van der Waals surface area contributed by atoms with Crippen molar-refractivity contribution in [1.82, 2.24) is 20.4 Å².